The van der Waals surface area contributed by atoms with Crippen LogP contribution in [0.1, 0.15) is 24.3 Å². The monoisotopic (exact) mass is 267 g/mol. The van der Waals surface area contributed by atoms with E-state index in [1.807, 2.05) is 18.2 Å². The first-order chi connectivity index (χ1) is 8.58. The van der Waals surface area contributed by atoms with E-state index in [-0.39, 0.29) is 30.7 Å². The van der Waals surface area contributed by atoms with Gasteiger partial charge in [-0.15, -0.1) is 0 Å². The fraction of sp³-hybridized carbons (Fsp3) is 0.385. The summed E-state index contributed by atoms with van der Waals surface area (Å²) in [6, 6.07) is 7.50. The summed E-state index contributed by atoms with van der Waals surface area (Å²) >= 11 is 5.90. The predicted molar refractivity (Wildman–Crippen MR) is 67.6 cm³/mol. The molecule has 2 N–H and O–H groups in total. The Balaban J connectivity index is 1.83. The van der Waals surface area contributed by atoms with E-state index in [4.69, 9.17) is 16.7 Å². The van der Waals surface area contributed by atoms with Crippen LogP contribution in [0.25, 0.3) is 0 Å². The van der Waals surface area contributed by atoms with Gasteiger partial charge in [-0.25, -0.2) is 0 Å². The zero-order valence-corrected chi connectivity index (χ0v) is 10.5. The lowest BCUT2D eigenvalue weighted by Gasteiger charge is -2.03. The number of nitrogens with one attached hydrogen (secondary N) is 1. The van der Waals surface area contributed by atoms with Crippen molar-refractivity contribution in [1.29, 1.82) is 0 Å². The second-order valence-corrected chi connectivity index (χ2v) is 4.87. The first kappa shape index (κ1) is 12.9. The van der Waals surface area contributed by atoms with Crippen molar-refractivity contribution in [3.8, 4) is 0 Å². The van der Waals surface area contributed by atoms with Gasteiger partial charge < -0.3 is 10.4 Å². The number of rotatable bonds is 5. The average molecular weight is 268 g/mol. The Labute approximate surface area is 110 Å². The van der Waals surface area contributed by atoms with Gasteiger partial charge in [-0.05, 0) is 30.0 Å². The van der Waals surface area contributed by atoms with Crippen LogP contribution in [0.15, 0.2) is 24.3 Å². The molecular weight excluding hydrogens is 254 g/mol. The minimum atomic E-state index is -0.905. The zero-order chi connectivity index (χ0) is 13.1. The number of hydrogen-bond donors (Lipinski definition) is 2. The van der Waals surface area contributed by atoms with E-state index in [1.165, 1.54) is 0 Å². The Morgan fingerprint density at radius 1 is 1.44 bits per heavy atom. The van der Waals surface area contributed by atoms with Gasteiger partial charge >= 0.3 is 5.97 Å². The van der Waals surface area contributed by atoms with Gasteiger partial charge in [0, 0.05) is 17.5 Å². The number of carbonyl (C=O) groups is 2. The molecule has 1 aromatic carbocycles. The van der Waals surface area contributed by atoms with Crippen LogP contribution in [-0.2, 0) is 9.59 Å². The Hall–Kier alpha value is -1.55. The SMILES string of the molecule is O=C(O)CCNC(=O)C1CC1c1cccc(Cl)c1. The van der Waals surface area contributed by atoms with E-state index < -0.39 is 5.97 Å². The molecule has 0 bridgehead atoms. The van der Waals surface area contributed by atoms with Crippen molar-refractivity contribution in [3.05, 3.63) is 34.9 Å². The highest BCUT2D eigenvalue weighted by molar-refractivity contribution is 6.30. The molecule has 1 amide bonds. The lowest BCUT2D eigenvalue weighted by molar-refractivity contribution is -0.136. The lowest BCUT2D eigenvalue weighted by atomic mass is 10.1. The maximum atomic E-state index is 11.7. The molecule has 2 unspecified atom stereocenters. The number of hydrogen-bond acceptors (Lipinski definition) is 2. The molecule has 5 heteroatoms. The maximum Gasteiger partial charge on any atom is 0.305 e. The fourth-order valence-corrected chi connectivity index (χ4v) is 2.21. The number of amides is 1. The standard InChI is InChI=1S/C13H14ClNO3/c14-9-3-1-2-8(6-9)10-7-11(10)13(18)15-5-4-12(16)17/h1-3,6,10-11H,4-5,7H2,(H,15,18)(H,16,17). The molecule has 0 aliphatic heterocycles. The average Bonchev–Trinajstić information content (AvgIpc) is 3.08. The molecule has 0 heterocycles. The van der Waals surface area contributed by atoms with Gasteiger partial charge in [0.2, 0.25) is 5.91 Å². The van der Waals surface area contributed by atoms with Gasteiger partial charge in [-0.3, -0.25) is 9.59 Å². The van der Waals surface area contributed by atoms with Crippen molar-refractivity contribution in [3.63, 3.8) is 0 Å². The molecule has 1 saturated carbocycles. The van der Waals surface area contributed by atoms with Crippen LogP contribution in [0.2, 0.25) is 5.02 Å². The third-order valence-corrected chi connectivity index (χ3v) is 3.28. The molecule has 4 nitrogen and oxygen atoms in total. The summed E-state index contributed by atoms with van der Waals surface area (Å²) < 4.78 is 0. The van der Waals surface area contributed by atoms with E-state index in [0.717, 1.165) is 12.0 Å². The summed E-state index contributed by atoms with van der Waals surface area (Å²) in [6.45, 7) is 0.187. The maximum absolute atomic E-state index is 11.7. The molecule has 0 spiro atoms. The molecular formula is C13H14ClNO3. The molecule has 2 rings (SSSR count). The van der Waals surface area contributed by atoms with Gasteiger partial charge in [0.1, 0.15) is 0 Å². The highest BCUT2D eigenvalue weighted by Crippen LogP contribution is 2.47. The fourth-order valence-electron chi connectivity index (χ4n) is 2.01. The molecule has 1 aromatic rings. The van der Waals surface area contributed by atoms with Crippen LogP contribution in [0.3, 0.4) is 0 Å². The zero-order valence-electron chi connectivity index (χ0n) is 9.73. The first-order valence-electron chi connectivity index (χ1n) is 5.83. The Morgan fingerprint density at radius 3 is 2.89 bits per heavy atom. The Morgan fingerprint density at radius 2 is 2.22 bits per heavy atom. The van der Waals surface area contributed by atoms with Crippen molar-refractivity contribution in [2.45, 2.75) is 18.8 Å². The van der Waals surface area contributed by atoms with Crippen molar-refractivity contribution >= 4 is 23.5 Å². The summed E-state index contributed by atoms with van der Waals surface area (Å²) in [6.07, 6.45) is 0.763. The Bertz CT molecular complexity index is 475. The third kappa shape index (κ3) is 3.23. The summed E-state index contributed by atoms with van der Waals surface area (Å²) in [4.78, 5) is 22.0. The van der Waals surface area contributed by atoms with Crippen molar-refractivity contribution in [2.24, 2.45) is 5.92 Å². The van der Waals surface area contributed by atoms with E-state index >= 15 is 0 Å². The summed E-state index contributed by atoms with van der Waals surface area (Å²) in [7, 11) is 0. The largest absolute Gasteiger partial charge is 0.481 e. The molecule has 0 saturated heterocycles. The van der Waals surface area contributed by atoms with Crippen LogP contribution in [0.5, 0.6) is 0 Å². The number of carboxylic acids is 1. The quantitative estimate of drug-likeness (QED) is 0.858. The molecule has 0 aromatic heterocycles. The van der Waals surface area contributed by atoms with Gasteiger partial charge in [0.15, 0.2) is 0 Å². The van der Waals surface area contributed by atoms with Gasteiger partial charge in [-0.2, -0.15) is 0 Å². The topological polar surface area (TPSA) is 66.4 Å². The van der Waals surface area contributed by atoms with Gasteiger partial charge in [0.25, 0.3) is 0 Å². The molecule has 18 heavy (non-hydrogen) atoms. The predicted octanol–water partition coefficient (Wildman–Crippen LogP) is 2.03. The van der Waals surface area contributed by atoms with Crippen LogP contribution in [0, 0.1) is 5.92 Å². The van der Waals surface area contributed by atoms with E-state index in [9.17, 15) is 9.59 Å². The second-order valence-electron chi connectivity index (χ2n) is 4.44. The van der Waals surface area contributed by atoms with Crippen molar-refractivity contribution in [1.82, 2.24) is 5.32 Å². The summed E-state index contributed by atoms with van der Waals surface area (Å²) in [5.41, 5.74) is 1.07. The molecule has 1 aliphatic carbocycles. The molecule has 1 fully saturated rings. The summed E-state index contributed by atoms with van der Waals surface area (Å²) in [5.74, 6) is -0.801. The minimum Gasteiger partial charge on any atom is -0.481 e. The van der Waals surface area contributed by atoms with Crippen molar-refractivity contribution < 1.29 is 14.7 Å². The minimum absolute atomic E-state index is 0.0414. The number of carbonyl (C=O) groups excluding carboxylic acids is 1. The third-order valence-electron chi connectivity index (χ3n) is 3.04. The second kappa shape index (κ2) is 5.40. The highest BCUT2D eigenvalue weighted by Gasteiger charge is 2.43. The number of carboxylic acid groups (broad SMARTS) is 1. The molecule has 0 radical (unpaired) electrons. The Kier molecular flexibility index (Phi) is 3.87. The van der Waals surface area contributed by atoms with Crippen LogP contribution < -0.4 is 5.32 Å². The smallest absolute Gasteiger partial charge is 0.305 e. The molecule has 2 atom stereocenters. The first-order valence-corrected chi connectivity index (χ1v) is 6.20. The van der Waals surface area contributed by atoms with Crippen LogP contribution >= 0.6 is 11.6 Å². The molecule has 1 aliphatic rings. The molecule has 96 valence electrons. The van der Waals surface area contributed by atoms with Crippen molar-refractivity contribution in [2.75, 3.05) is 6.54 Å². The van der Waals surface area contributed by atoms with Gasteiger partial charge in [-0.1, -0.05) is 23.7 Å². The number of halogens is 1. The number of benzene rings is 1. The van der Waals surface area contributed by atoms with Crippen LogP contribution in [0.4, 0.5) is 0 Å². The summed E-state index contributed by atoms with van der Waals surface area (Å²) in [5, 5.41) is 11.8. The highest BCUT2D eigenvalue weighted by atomic mass is 35.5. The lowest BCUT2D eigenvalue weighted by Crippen LogP contribution is -2.27. The normalized spacial score (nSPS) is 21.4. The van der Waals surface area contributed by atoms with Crippen LogP contribution in [-0.4, -0.2) is 23.5 Å². The van der Waals surface area contributed by atoms with Gasteiger partial charge in [0.05, 0.1) is 6.42 Å². The number of aliphatic carboxylic acids is 1. The van der Waals surface area contributed by atoms with E-state index in [1.54, 1.807) is 6.07 Å². The van der Waals surface area contributed by atoms with E-state index in [2.05, 4.69) is 5.32 Å². The van der Waals surface area contributed by atoms with E-state index in [0.29, 0.717) is 5.02 Å².